The molecule has 0 amide bonds. The van der Waals surface area contributed by atoms with Gasteiger partial charge >= 0.3 is 0 Å². The molecule has 0 atom stereocenters. The molecule has 8 nitrogen and oxygen atoms in total. The summed E-state index contributed by atoms with van der Waals surface area (Å²) in [4.78, 5) is 13.6. The maximum Gasteiger partial charge on any atom is 0.214 e. The summed E-state index contributed by atoms with van der Waals surface area (Å²) < 4.78 is 12.7. The van der Waals surface area contributed by atoms with E-state index in [0.29, 0.717) is 44.8 Å². The SMILES string of the molecule is COc1cc(OC)c(Cl)c(Nc2nc3ccccc3n2-c2cc(Nc3ccccc3)ncn2)c1Cl. The Morgan fingerprint density at radius 2 is 1.49 bits per heavy atom. The van der Waals surface area contributed by atoms with Gasteiger partial charge in [-0.1, -0.05) is 53.5 Å². The van der Waals surface area contributed by atoms with Gasteiger partial charge in [0.05, 0.1) is 30.9 Å². The van der Waals surface area contributed by atoms with Crippen LogP contribution in [0, 0.1) is 0 Å². The highest BCUT2D eigenvalue weighted by atomic mass is 35.5. The van der Waals surface area contributed by atoms with Crippen molar-refractivity contribution >= 4 is 57.4 Å². The molecule has 5 aromatic rings. The van der Waals surface area contributed by atoms with Crippen molar-refractivity contribution in [3.05, 3.63) is 83.1 Å². The Hall–Kier alpha value is -4.01. The Balaban J connectivity index is 1.63. The Morgan fingerprint density at radius 3 is 2.20 bits per heavy atom. The van der Waals surface area contributed by atoms with E-state index in [1.807, 2.05) is 65.2 Å². The molecule has 0 spiro atoms. The second-order valence-corrected chi connectivity index (χ2v) is 8.18. The molecule has 0 aliphatic heterocycles. The van der Waals surface area contributed by atoms with Crippen molar-refractivity contribution in [1.29, 1.82) is 0 Å². The van der Waals surface area contributed by atoms with E-state index in [9.17, 15) is 0 Å². The van der Waals surface area contributed by atoms with Crippen LogP contribution in [0.4, 0.5) is 23.1 Å². The summed E-state index contributed by atoms with van der Waals surface area (Å²) in [6.45, 7) is 0. The largest absolute Gasteiger partial charge is 0.495 e. The molecule has 0 fully saturated rings. The molecule has 2 aromatic heterocycles. The van der Waals surface area contributed by atoms with E-state index < -0.39 is 0 Å². The highest BCUT2D eigenvalue weighted by Gasteiger charge is 2.21. The lowest BCUT2D eigenvalue weighted by atomic mass is 10.2. The Bertz CT molecular complexity index is 1480. The summed E-state index contributed by atoms with van der Waals surface area (Å²) in [5.74, 6) is 2.50. The summed E-state index contributed by atoms with van der Waals surface area (Å²) in [5.41, 5.74) is 2.90. The first kappa shape index (κ1) is 22.8. The van der Waals surface area contributed by atoms with Crippen molar-refractivity contribution < 1.29 is 9.47 Å². The van der Waals surface area contributed by atoms with Crippen LogP contribution in [0.2, 0.25) is 10.0 Å². The number of halogens is 2. The minimum Gasteiger partial charge on any atom is -0.495 e. The van der Waals surface area contributed by atoms with Crippen LogP contribution in [0.15, 0.2) is 73.1 Å². The van der Waals surface area contributed by atoms with Gasteiger partial charge in [0.1, 0.15) is 39.5 Å². The average Bonchev–Trinajstić information content (AvgIpc) is 3.25. The first-order valence-corrected chi connectivity index (χ1v) is 11.3. The molecule has 10 heteroatoms. The van der Waals surface area contributed by atoms with Crippen LogP contribution in [0.5, 0.6) is 11.5 Å². The third kappa shape index (κ3) is 4.41. The molecule has 2 heterocycles. The molecule has 35 heavy (non-hydrogen) atoms. The van der Waals surface area contributed by atoms with E-state index in [0.717, 1.165) is 16.7 Å². The summed E-state index contributed by atoms with van der Waals surface area (Å²) >= 11 is 13.2. The highest BCUT2D eigenvalue weighted by molar-refractivity contribution is 6.41. The fourth-order valence-corrected chi connectivity index (χ4v) is 4.25. The predicted molar refractivity (Wildman–Crippen MR) is 139 cm³/mol. The van der Waals surface area contributed by atoms with E-state index in [1.54, 1.807) is 6.07 Å². The molecule has 0 unspecified atom stereocenters. The van der Waals surface area contributed by atoms with Gasteiger partial charge in [0, 0.05) is 17.8 Å². The number of fused-ring (bicyclic) bond motifs is 1. The topological polar surface area (TPSA) is 86.1 Å². The van der Waals surface area contributed by atoms with E-state index in [4.69, 9.17) is 37.7 Å². The first-order chi connectivity index (χ1) is 17.1. The normalized spacial score (nSPS) is 10.9. The smallest absolute Gasteiger partial charge is 0.214 e. The number of para-hydroxylation sites is 3. The first-order valence-electron chi connectivity index (χ1n) is 10.6. The molecule has 0 aliphatic carbocycles. The number of aromatic nitrogens is 4. The van der Waals surface area contributed by atoms with Gasteiger partial charge in [-0.2, -0.15) is 0 Å². The van der Waals surface area contributed by atoms with Gasteiger partial charge in [-0.25, -0.2) is 15.0 Å². The average molecular weight is 507 g/mol. The lowest BCUT2D eigenvalue weighted by molar-refractivity contribution is 0.395. The van der Waals surface area contributed by atoms with Crippen LogP contribution in [0.1, 0.15) is 0 Å². The Morgan fingerprint density at radius 1 is 0.800 bits per heavy atom. The van der Waals surface area contributed by atoms with E-state index in [2.05, 4.69) is 20.6 Å². The molecule has 3 aromatic carbocycles. The number of rotatable bonds is 7. The zero-order valence-electron chi connectivity index (χ0n) is 18.8. The third-order valence-electron chi connectivity index (χ3n) is 5.30. The van der Waals surface area contributed by atoms with Crippen molar-refractivity contribution in [2.24, 2.45) is 0 Å². The summed E-state index contributed by atoms with van der Waals surface area (Å²) in [7, 11) is 3.05. The quantitative estimate of drug-likeness (QED) is 0.256. The molecule has 2 N–H and O–H groups in total. The van der Waals surface area contributed by atoms with Gasteiger partial charge < -0.3 is 20.1 Å². The van der Waals surface area contributed by atoms with Crippen molar-refractivity contribution in [3.63, 3.8) is 0 Å². The highest BCUT2D eigenvalue weighted by Crippen LogP contribution is 2.45. The molecular weight excluding hydrogens is 487 g/mol. The van der Waals surface area contributed by atoms with Crippen molar-refractivity contribution in [2.45, 2.75) is 0 Å². The zero-order valence-corrected chi connectivity index (χ0v) is 20.3. The van der Waals surface area contributed by atoms with Crippen LogP contribution in [0.25, 0.3) is 16.9 Å². The maximum atomic E-state index is 6.61. The predicted octanol–water partition coefficient (Wildman–Crippen LogP) is 6.63. The molecule has 0 saturated carbocycles. The van der Waals surface area contributed by atoms with Crippen LogP contribution >= 0.6 is 23.2 Å². The minimum atomic E-state index is 0.297. The number of hydrogen-bond acceptors (Lipinski definition) is 7. The van der Waals surface area contributed by atoms with Crippen LogP contribution < -0.4 is 20.1 Å². The lowest BCUT2D eigenvalue weighted by Gasteiger charge is -2.16. The number of nitrogens with zero attached hydrogens (tertiary/aromatic N) is 4. The van der Waals surface area contributed by atoms with Crippen molar-refractivity contribution in [1.82, 2.24) is 19.5 Å². The summed E-state index contributed by atoms with van der Waals surface area (Å²) in [6, 6.07) is 21.0. The minimum absolute atomic E-state index is 0.297. The molecule has 0 saturated heterocycles. The lowest BCUT2D eigenvalue weighted by Crippen LogP contribution is -2.06. The van der Waals surface area contributed by atoms with Crippen molar-refractivity contribution in [2.75, 3.05) is 24.9 Å². The maximum absolute atomic E-state index is 6.61. The van der Waals surface area contributed by atoms with Crippen LogP contribution in [-0.4, -0.2) is 33.7 Å². The number of ether oxygens (including phenoxy) is 2. The Labute approximate surface area is 211 Å². The molecule has 0 bridgehead atoms. The second kappa shape index (κ2) is 9.69. The van der Waals surface area contributed by atoms with E-state index >= 15 is 0 Å². The molecule has 0 aliphatic rings. The van der Waals surface area contributed by atoms with Gasteiger partial charge in [-0.05, 0) is 24.3 Å². The van der Waals surface area contributed by atoms with Gasteiger partial charge in [0.25, 0.3) is 0 Å². The van der Waals surface area contributed by atoms with Crippen LogP contribution in [0.3, 0.4) is 0 Å². The van der Waals surface area contributed by atoms with E-state index in [-0.39, 0.29) is 0 Å². The van der Waals surface area contributed by atoms with Crippen molar-refractivity contribution in [3.8, 4) is 17.3 Å². The van der Waals surface area contributed by atoms with Gasteiger partial charge in [-0.3, -0.25) is 4.57 Å². The van der Waals surface area contributed by atoms with Crippen LogP contribution in [-0.2, 0) is 0 Å². The number of nitrogens with one attached hydrogen (secondary N) is 2. The number of methoxy groups -OCH3 is 2. The summed E-state index contributed by atoms with van der Waals surface area (Å²) in [6.07, 6.45) is 1.49. The standard InChI is InChI=1S/C25H20Cl2N6O2/c1-34-18-12-19(35-2)23(27)24(22(18)26)32-25-31-16-10-6-7-11-17(16)33(25)21-13-20(28-14-29-21)30-15-8-4-3-5-9-15/h3-14H,1-2H3,(H,31,32)(H,28,29,30). The fraction of sp³-hybridized carbons (Fsp3) is 0.0800. The molecule has 0 radical (unpaired) electrons. The molecule has 5 rings (SSSR count). The third-order valence-corrected chi connectivity index (χ3v) is 6.05. The van der Waals surface area contributed by atoms with Gasteiger partial charge in [0.15, 0.2) is 0 Å². The van der Waals surface area contributed by atoms with E-state index in [1.165, 1.54) is 20.5 Å². The number of imidazole rings is 1. The zero-order chi connectivity index (χ0) is 24.4. The van der Waals surface area contributed by atoms with Gasteiger partial charge in [-0.15, -0.1) is 0 Å². The number of anilines is 4. The number of hydrogen-bond donors (Lipinski definition) is 2. The number of benzene rings is 3. The molecular formula is C25H20Cl2N6O2. The Kier molecular flexibility index (Phi) is 6.31. The van der Waals surface area contributed by atoms with Gasteiger partial charge in [0.2, 0.25) is 5.95 Å². The fourth-order valence-electron chi connectivity index (χ4n) is 3.66. The monoisotopic (exact) mass is 506 g/mol. The summed E-state index contributed by atoms with van der Waals surface area (Å²) in [5, 5.41) is 7.15. The molecule has 176 valence electrons. The second-order valence-electron chi connectivity index (χ2n) is 7.42.